The predicted octanol–water partition coefficient (Wildman–Crippen LogP) is 0.762. The Morgan fingerprint density at radius 2 is 2.33 bits per heavy atom. The molecule has 1 aliphatic rings. The molecule has 0 amide bonds. The molecule has 0 aromatic heterocycles. The van der Waals surface area contributed by atoms with E-state index in [4.69, 9.17) is 10.5 Å². The summed E-state index contributed by atoms with van der Waals surface area (Å²) in [6, 6.07) is 0. The van der Waals surface area contributed by atoms with E-state index in [0.29, 0.717) is 0 Å². The van der Waals surface area contributed by atoms with Crippen LogP contribution in [0.4, 0.5) is 0 Å². The molecule has 6 heteroatoms. The molecule has 0 atom stereocenters. The monoisotopic (exact) mass is 169 g/mol. The maximum Gasteiger partial charge on any atom is 0.347 e. The van der Waals surface area contributed by atoms with Crippen molar-refractivity contribution in [2.75, 3.05) is 6.61 Å². The minimum absolute atomic E-state index is 0.183. The van der Waals surface area contributed by atoms with Gasteiger partial charge in [-0.15, -0.1) is 10.2 Å². The third-order valence-corrected chi connectivity index (χ3v) is 1.18. The molecule has 0 radical (unpaired) electrons. The molecule has 0 saturated carbocycles. The van der Waals surface area contributed by atoms with Crippen molar-refractivity contribution in [3.8, 4) is 0 Å². The Labute approximate surface area is 68.1 Å². The van der Waals surface area contributed by atoms with Crippen LogP contribution in [-0.4, -0.2) is 23.5 Å². The molecule has 0 saturated heterocycles. The lowest BCUT2D eigenvalue weighted by molar-refractivity contribution is -0.138. The van der Waals surface area contributed by atoms with Gasteiger partial charge in [-0.3, -0.25) is 5.41 Å². The van der Waals surface area contributed by atoms with Crippen molar-refractivity contribution in [1.29, 1.82) is 5.41 Å². The molecular weight excluding hydrogens is 162 g/mol. The highest BCUT2D eigenvalue weighted by Crippen LogP contribution is 2.15. The van der Waals surface area contributed by atoms with E-state index in [1.54, 1.807) is 6.92 Å². The van der Waals surface area contributed by atoms with Gasteiger partial charge in [0.05, 0.1) is 6.61 Å². The number of rotatable bonds is 2. The van der Waals surface area contributed by atoms with Crippen LogP contribution in [0.3, 0.4) is 0 Å². The van der Waals surface area contributed by atoms with Gasteiger partial charge in [-0.25, -0.2) is 4.79 Å². The number of hydrogen-bond donors (Lipinski definition) is 2. The van der Waals surface area contributed by atoms with Crippen molar-refractivity contribution < 1.29 is 14.6 Å². The van der Waals surface area contributed by atoms with Gasteiger partial charge in [0, 0.05) is 0 Å². The Balaban J connectivity index is 2.83. The topological polar surface area (TPSA) is 95.1 Å². The van der Waals surface area contributed by atoms with E-state index < -0.39 is 11.9 Å². The number of carbonyl (C=O) groups excluding carboxylic acids is 1. The molecule has 0 aromatic carbocycles. The standard InChI is InChI=1S/C6H7N3O3/c1-2-12-6(11)3-4(7)8-9-5(3)10/h7,10H,2H2,1H3. The van der Waals surface area contributed by atoms with Crippen molar-refractivity contribution >= 4 is 11.8 Å². The summed E-state index contributed by atoms with van der Waals surface area (Å²) in [5.41, 5.74) is -0.281. The molecule has 0 spiro atoms. The minimum Gasteiger partial charge on any atom is -0.491 e. The Bertz CT molecular complexity index is 292. The molecule has 1 rings (SSSR count). The van der Waals surface area contributed by atoms with E-state index in [0.717, 1.165) is 0 Å². The van der Waals surface area contributed by atoms with Crippen molar-refractivity contribution in [2.45, 2.75) is 6.92 Å². The molecule has 0 aromatic rings. The fourth-order valence-electron chi connectivity index (χ4n) is 0.694. The van der Waals surface area contributed by atoms with E-state index in [2.05, 4.69) is 15.0 Å². The van der Waals surface area contributed by atoms with Crippen molar-refractivity contribution in [3.05, 3.63) is 11.5 Å². The first kappa shape index (κ1) is 8.38. The first-order valence-corrected chi connectivity index (χ1v) is 3.27. The maximum absolute atomic E-state index is 11.0. The Morgan fingerprint density at radius 3 is 2.75 bits per heavy atom. The van der Waals surface area contributed by atoms with Crippen LogP contribution in [0.5, 0.6) is 0 Å². The van der Waals surface area contributed by atoms with Gasteiger partial charge in [-0.05, 0) is 6.92 Å². The fraction of sp³-hybridized carbons (Fsp3) is 0.333. The number of hydrogen-bond acceptors (Lipinski definition) is 5. The number of aliphatic hydroxyl groups excluding tert-OH is 1. The van der Waals surface area contributed by atoms with Crippen LogP contribution in [0.25, 0.3) is 0 Å². The minimum atomic E-state index is -0.773. The summed E-state index contributed by atoms with van der Waals surface area (Å²) < 4.78 is 4.55. The van der Waals surface area contributed by atoms with Crippen LogP contribution < -0.4 is 0 Å². The quantitative estimate of drug-likeness (QED) is 0.597. The normalized spacial score (nSPS) is 15.6. The summed E-state index contributed by atoms with van der Waals surface area (Å²) in [4.78, 5) is 11.0. The van der Waals surface area contributed by atoms with E-state index in [9.17, 15) is 4.79 Å². The van der Waals surface area contributed by atoms with E-state index >= 15 is 0 Å². The number of aliphatic hydroxyl groups is 1. The molecule has 0 bridgehead atoms. The zero-order valence-electron chi connectivity index (χ0n) is 6.37. The van der Waals surface area contributed by atoms with Gasteiger partial charge in [-0.1, -0.05) is 0 Å². The van der Waals surface area contributed by atoms with E-state index in [-0.39, 0.29) is 18.0 Å². The zero-order chi connectivity index (χ0) is 9.14. The van der Waals surface area contributed by atoms with Crippen LogP contribution in [0.1, 0.15) is 6.92 Å². The Hall–Kier alpha value is -1.72. The van der Waals surface area contributed by atoms with Gasteiger partial charge < -0.3 is 9.84 Å². The summed E-state index contributed by atoms with van der Waals surface area (Å²) in [6.45, 7) is 1.81. The highest BCUT2D eigenvalue weighted by atomic mass is 16.5. The van der Waals surface area contributed by atoms with Crippen molar-refractivity contribution in [3.63, 3.8) is 0 Å². The third-order valence-electron chi connectivity index (χ3n) is 1.18. The number of nitrogens with one attached hydrogen (secondary N) is 1. The first-order chi connectivity index (χ1) is 5.66. The first-order valence-electron chi connectivity index (χ1n) is 3.27. The summed E-state index contributed by atoms with van der Waals surface area (Å²) >= 11 is 0. The molecule has 0 fully saturated rings. The number of amidine groups is 1. The number of azo groups is 1. The van der Waals surface area contributed by atoms with Crippen LogP contribution in [0.2, 0.25) is 0 Å². The van der Waals surface area contributed by atoms with Gasteiger partial charge in [0.15, 0.2) is 11.4 Å². The van der Waals surface area contributed by atoms with Crippen molar-refractivity contribution in [1.82, 2.24) is 0 Å². The maximum atomic E-state index is 11.0. The SMILES string of the molecule is CCOC(=O)C1=C(O)N=NC1=N. The lowest BCUT2D eigenvalue weighted by atomic mass is 10.3. The second kappa shape index (κ2) is 3.12. The van der Waals surface area contributed by atoms with Crippen LogP contribution >= 0.6 is 0 Å². The third kappa shape index (κ3) is 1.31. The molecular formula is C6H7N3O3. The van der Waals surface area contributed by atoms with Gasteiger partial charge in [-0.2, -0.15) is 0 Å². The molecule has 1 heterocycles. The molecule has 64 valence electrons. The van der Waals surface area contributed by atoms with Gasteiger partial charge in [0.2, 0.25) is 5.88 Å². The number of esters is 1. The van der Waals surface area contributed by atoms with Gasteiger partial charge >= 0.3 is 5.97 Å². The number of ether oxygens (including phenoxy) is 1. The average molecular weight is 169 g/mol. The highest BCUT2D eigenvalue weighted by molar-refractivity contribution is 6.19. The lowest BCUT2D eigenvalue weighted by Gasteiger charge is -1.99. The molecule has 2 N–H and O–H groups in total. The van der Waals surface area contributed by atoms with E-state index in [1.807, 2.05) is 0 Å². The van der Waals surface area contributed by atoms with Crippen molar-refractivity contribution in [2.24, 2.45) is 10.2 Å². The molecule has 1 aliphatic heterocycles. The van der Waals surface area contributed by atoms with Crippen LogP contribution in [-0.2, 0) is 9.53 Å². The Kier molecular flexibility index (Phi) is 2.18. The lowest BCUT2D eigenvalue weighted by Crippen LogP contribution is -2.13. The molecule has 6 nitrogen and oxygen atoms in total. The Morgan fingerprint density at radius 1 is 1.67 bits per heavy atom. The van der Waals surface area contributed by atoms with Crippen LogP contribution in [0.15, 0.2) is 21.7 Å². The molecule has 0 aliphatic carbocycles. The summed E-state index contributed by atoms with van der Waals surface area (Å²) in [7, 11) is 0. The predicted molar refractivity (Wildman–Crippen MR) is 38.9 cm³/mol. The van der Waals surface area contributed by atoms with E-state index in [1.165, 1.54) is 0 Å². The number of carbonyl (C=O) groups is 1. The zero-order valence-corrected chi connectivity index (χ0v) is 6.37. The molecule has 12 heavy (non-hydrogen) atoms. The van der Waals surface area contributed by atoms with Gasteiger partial charge in [0.25, 0.3) is 0 Å². The summed E-state index contributed by atoms with van der Waals surface area (Å²) in [5, 5.41) is 22.3. The molecule has 0 unspecified atom stereocenters. The average Bonchev–Trinajstić information content (AvgIpc) is 2.32. The second-order valence-corrected chi connectivity index (χ2v) is 1.97. The summed E-state index contributed by atoms with van der Waals surface area (Å²) in [5.74, 6) is -1.70. The largest absolute Gasteiger partial charge is 0.491 e. The smallest absolute Gasteiger partial charge is 0.347 e. The summed E-state index contributed by atoms with van der Waals surface area (Å²) in [6.07, 6.45) is 0. The van der Waals surface area contributed by atoms with Gasteiger partial charge in [0.1, 0.15) is 0 Å². The number of nitrogens with zero attached hydrogens (tertiary/aromatic N) is 2. The van der Waals surface area contributed by atoms with Crippen LogP contribution in [0, 0.1) is 5.41 Å². The fourth-order valence-corrected chi connectivity index (χ4v) is 0.694. The highest BCUT2D eigenvalue weighted by Gasteiger charge is 2.26. The second-order valence-electron chi connectivity index (χ2n) is 1.97.